The van der Waals surface area contributed by atoms with Gasteiger partial charge < -0.3 is 19.2 Å². The quantitative estimate of drug-likeness (QED) is 0.851. The molecule has 0 saturated carbocycles. The second kappa shape index (κ2) is 7.78. The molecular weight excluding hydrogens is 334 g/mol. The van der Waals surface area contributed by atoms with Crippen molar-refractivity contribution < 1.29 is 18.7 Å². The van der Waals surface area contributed by atoms with Crippen LogP contribution in [-0.2, 0) is 11.3 Å². The van der Waals surface area contributed by atoms with E-state index >= 15 is 0 Å². The fourth-order valence-electron chi connectivity index (χ4n) is 3.54. The Morgan fingerprint density at radius 1 is 1.31 bits per heavy atom. The second-order valence-electron chi connectivity index (χ2n) is 6.55. The summed E-state index contributed by atoms with van der Waals surface area (Å²) in [5.74, 6) is 3.13. The van der Waals surface area contributed by atoms with Crippen LogP contribution in [0.25, 0.3) is 0 Å². The van der Waals surface area contributed by atoms with Gasteiger partial charge in [0.2, 0.25) is 5.91 Å². The zero-order valence-corrected chi connectivity index (χ0v) is 15.6. The molecular formula is C19H25N3O4. The van der Waals surface area contributed by atoms with E-state index in [4.69, 9.17) is 13.9 Å². The van der Waals surface area contributed by atoms with Gasteiger partial charge in [-0.2, -0.15) is 0 Å². The first-order valence-electron chi connectivity index (χ1n) is 8.63. The van der Waals surface area contributed by atoms with Crippen LogP contribution in [0.4, 0.5) is 0 Å². The molecule has 1 aliphatic rings. The SMILES string of the molecule is COc1ccnc(CN2C[C@@H](NC(C)=O)[C@H](c3ccc(C)o3)C2)c1OC. The Labute approximate surface area is 153 Å². The van der Waals surface area contributed by atoms with Crippen molar-refractivity contribution in [3.05, 3.63) is 41.6 Å². The smallest absolute Gasteiger partial charge is 0.217 e. The summed E-state index contributed by atoms with van der Waals surface area (Å²) in [6.07, 6.45) is 1.71. The average molecular weight is 359 g/mol. The van der Waals surface area contributed by atoms with E-state index in [-0.39, 0.29) is 17.9 Å². The van der Waals surface area contributed by atoms with Crippen LogP contribution in [-0.4, -0.2) is 49.1 Å². The van der Waals surface area contributed by atoms with Gasteiger partial charge in [0, 0.05) is 38.8 Å². The summed E-state index contributed by atoms with van der Waals surface area (Å²) >= 11 is 0. The van der Waals surface area contributed by atoms with Crippen LogP contribution in [0.3, 0.4) is 0 Å². The van der Waals surface area contributed by atoms with Crippen molar-refractivity contribution >= 4 is 5.91 Å². The van der Waals surface area contributed by atoms with Crippen LogP contribution < -0.4 is 14.8 Å². The van der Waals surface area contributed by atoms with Crippen molar-refractivity contribution in [3.8, 4) is 11.5 Å². The number of ether oxygens (including phenoxy) is 2. The molecule has 7 heteroatoms. The van der Waals surface area contributed by atoms with Gasteiger partial charge in [-0.15, -0.1) is 0 Å². The summed E-state index contributed by atoms with van der Waals surface area (Å²) < 4.78 is 16.7. The highest BCUT2D eigenvalue weighted by molar-refractivity contribution is 5.73. The van der Waals surface area contributed by atoms with Gasteiger partial charge in [-0.1, -0.05) is 0 Å². The molecule has 3 heterocycles. The summed E-state index contributed by atoms with van der Waals surface area (Å²) in [5.41, 5.74) is 0.810. The largest absolute Gasteiger partial charge is 0.493 e. The van der Waals surface area contributed by atoms with E-state index < -0.39 is 0 Å². The number of likely N-dealkylation sites (tertiary alicyclic amines) is 1. The van der Waals surface area contributed by atoms with E-state index in [1.54, 1.807) is 33.4 Å². The zero-order valence-electron chi connectivity index (χ0n) is 15.6. The second-order valence-corrected chi connectivity index (χ2v) is 6.55. The molecule has 26 heavy (non-hydrogen) atoms. The van der Waals surface area contributed by atoms with Gasteiger partial charge in [0.1, 0.15) is 17.2 Å². The maximum atomic E-state index is 11.6. The van der Waals surface area contributed by atoms with Crippen molar-refractivity contribution in [3.63, 3.8) is 0 Å². The van der Waals surface area contributed by atoms with E-state index in [1.807, 2.05) is 19.1 Å². The number of rotatable bonds is 6. The average Bonchev–Trinajstić information content (AvgIpc) is 3.20. The zero-order chi connectivity index (χ0) is 18.7. The number of nitrogens with zero attached hydrogens (tertiary/aromatic N) is 2. The highest BCUT2D eigenvalue weighted by atomic mass is 16.5. The molecule has 1 amide bonds. The number of aromatic nitrogens is 1. The van der Waals surface area contributed by atoms with Crippen molar-refractivity contribution in [1.29, 1.82) is 0 Å². The Hall–Kier alpha value is -2.54. The normalized spacial score (nSPS) is 20.2. The topological polar surface area (TPSA) is 76.8 Å². The lowest BCUT2D eigenvalue weighted by Gasteiger charge is -2.18. The standard InChI is InChI=1S/C19H25N3O4/c1-12-5-6-17(26-12)14-9-22(10-15(14)21-13(2)23)11-16-19(25-4)18(24-3)7-8-20-16/h5-8,14-15H,9-11H2,1-4H3,(H,21,23)/t14-,15-/m1/s1. The first-order chi connectivity index (χ1) is 12.5. The minimum absolute atomic E-state index is 0.00495. The molecule has 1 N–H and O–H groups in total. The third-order valence-corrected chi connectivity index (χ3v) is 4.65. The fourth-order valence-corrected chi connectivity index (χ4v) is 3.54. The van der Waals surface area contributed by atoms with Crippen molar-refractivity contribution in [2.75, 3.05) is 27.3 Å². The summed E-state index contributed by atoms with van der Waals surface area (Å²) in [5, 5.41) is 3.05. The van der Waals surface area contributed by atoms with Crippen LogP contribution in [0.2, 0.25) is 0 Å². The predicted octanol–water partition coefficient (Wildman–Crippen LogP) is 2.10. The molecule has 0 unspecified atom stereocenters. The number of hydrogen-bond acceptors (Lipinski definition) is 6. The number of hydrogen-bond donors (Lipinski definition) is 1. The molecule has 7 nitrogen and oxygen atoms in total. The highest BCUT2D eigenvalue weighted by Gasteiger charge is 2.36. The van der Waals surface area contributed by atoms with Crippen LogP contribution in [0.5, 0.6) is 11.5 Å². The molecule has 0 bridgehead atoms. The van der Waals surface area contributed by atoms with Crippen molar-refractivity contribution in [2.24, 2.45) is 0 Å². The maximum absolute atomic E-state index is 11.6. The molecule has 1 fully saturated rings. The predicted molar refractivity (Wildman–Crippen MR) is 96.4 cm³/mol. The first kappa shape index (κ1) is 18.3. The summed E-state index contributed by atoms with van der Waals surface area (Å²) in [7, 11) is 3.22. The van der Waals surface area contributed by atoms with Crippen LogP contribution in [0.15, 0.2) is 28.8 Å². The number of furan rings is 1. The number of aryl methyl sites for hydroxylation is 1. The van der Waals surface area contributed by atoms with Crippen molar-refractivity contribution in [2.45, 2.75) is 32.4 Å². The summed E-state index contributed by atoms with van der Waals surface area (Å²) in [4.78, 5) is 18.3. The van der Waals surface area contributed by atoms with E-state index in [0.717, 1.165) is 23.8 Å². The van der Waals surface area contributed by atoms with Gasteiger partial charge in [-0.05, 0) is 19.1 Å². The molecule has 140 valence electrons. The molecule has 2 atom stereocenters. The Morgan fingerprint density at radius 3 is 2.73 bits per heavy atom. The van der Waals surface area contributed by atoms with Gasteiger partial charge in [-0.3, -0.25) is 14.7 Å². The van der Waals surface area contributed by atoms with Crippen LogP contribution >= 0.6 is 0 Å². The molecule has 0 spiro atoms. The third-order valence-electron chi connectivity index (χ3n) is 4.65. The van der Waals surface area contributed by atoms with Crippen LogP contribution in [0.1, 0.15) is 30.1 Å². The lowest BCUT2D eigenvalue weighted by molar-refractivity contribution is -0.119. The molecule has 2 aromatic heterocycles. The number of carbonyl (C=O) groups is 1. The van der Waals surface area contributed by atoms with Crippen LogP contribution in [0, 0.1) is 6.92 Å². The lowest BCUT2D eigenvalue weighted by Crippen LogP contribution is -2.38. The van der Waals surface area contributed by atoms with Gasteiger partial charge in [0.25, 0.3) is 0 Å². The number of methoxy groups -OCH3 is 2. The monoisotopic (exact) mass is 359 g/mol. The maximum Gasteiger partial charge on any atom is 0.217 e. The summed E-state index contributed by atoms with van der Waals surface area (Å²) in [6.45, 7) is 5.55. The van der Waals surface area contributed by atoms with Gasteiger partial charge in [0.15, 0.2) is 11.5 Å². The number of carbonyl (C=O) groups excluding carboxylic acids is 1. The lowest BCUT2D eigenvalue weighted by atomic mass is 10.0. The van der Waals surface area contributed by atoms with E-state index in [2.05, 4.69) is 15.2 Å². The molecule has 1 aliphatic heterocycles. The molecule has 2 aromatic rings. The van der Waals surface area contributed by atoms with E-state index in [1.165, 1.54) is 0 Å². The number of pyridine rings is 1. The molecule has 0 aromatic carbocycles. The molecule has 3 rings (SSSR count). The summed E-state index contributed by atoms with van der Waals surface area (Å²) in [6, 6.07) is 5.72. The van der Waals surface area contributed by atoms with Gasteiger partial charge in [-0.25, -0.2) is 0 Å². The minimum Gasteiger partial charge on any atom is -0.493 e. The Balaban J connectivity index is 1.80. The highest BCUT2D eigenvalue weighted by Crippen LogP contribution is 2.33. The van der Waals surface area contributed by atoms with E-state index in [0.29, 0.717) is 24.6 Å². The van der Waals surface area contributed by atoms with E-state index in [9.17, 15) is 4.79 Å². The Bertz CT molecular complexity index is 774. The molecule has 0 aliphatic carbocycles. The first-order valence-corrected chi connectivity index (χ1v) is 8.63. The van der Waals surface area contributed by atoms with Gasteiger partial charge >= 0.3 is 0 Å². The molecule has 1 saturated heterocycles. The Morgan fingerprint density at radius 2 is 2.12 bits per heavy atom. The minimum atomic E-state index is -0.0396. The fraction of sp³-hybridized carbons (Fsp3) is 0.474. The number of amides is 1. The Kier molecular flexibility index (Phi) is 5.46. The third kappa shape index (κ3) is 3.83. The molecule has 0 radical (unpaired) electrons. The number of nitrogens with one attached hydrogen (secondary N) is 1. The van der Waals surface area contributed by atoms with Gasteiger partial charge in [0.05, 0.1) is 26.2 Å². The van der Waals surface area contributed by atoms with Crippen molar-refractivity contribution in [1.82, 2.24) is 15.2 Å².